The van der Waals surface area contributed by atoms with E-state index in [-0.39, 0.29) is 11.3 Å². The number of rotatable bonds is 3. The Balaban J connectivity index is 2.25. The van der Waals surface area contributed by atoms with Crippen molar-refractivity contribution in [1.82, 2.24) is 0 Å². The topological polar surface area (TPSA) is 52.6 Å². The Hall–Kier alpha value is -1.32. The molecular formula is C16H24O4. The third-order valence-electron chi connectivity index (χ3n) is 4.98. The highest BCUT2D eigenvalue weighted by Crippen LogP contribution is 2.49. The van der Waals surface area contributed by atoms with Gasteiger partial charge in [0.1, 0.15) is 0 Å². The Bertz CT molecular complexity index is 410. The molecule has 0 aliphatic heterocycles. The monoisotopic (exact) mass is 280 g/mol. The number of ether oxygens (including phenoxy) is 2. The van der Waals surface area contributed by atoms with Gasteiger partial charge in [-0.05, 0) is 37.5 Å². The lowest BCUT2D eigenvalue weighted by atomic mass is 9.63. The van der Waals surface area contributed by atoms with Crippen molar-refractivity contribution in [2.45, 2.75) is 45.4 Å². The minimum atomic E-state index is -0.816. The van der Waals surface area contributed by atoms with Crippen LogP contribution in [0.4, 0.5) is 0 Å². The van der Waals surface area contributed by atoms with Crippen LogP contribution in [0.15, 0.2) is 11.6 Å². The van der Waals surface area contributed by atoms with E-state index in [0.29, 0.717) is 0 Å². The van der Waals surface area contributed by atoms with Gasteiger partial charge in [0.15, 0.2) is 5.92 Å². The number of fused-ring (bicyclic) bond motifs is 1. The van der Waals surface area contributed by atoms with Crippen LogP contribution in [-0.2, 0) is 19.1 Å². The molecule has 4 nitrogen and oxygen atoms in total. The van der Waals surface area contributed by atoms with Crippen LogP contribution in [0, 0.1) is 17.3 Å². The van der Waals surface area contributed by atoms with Gasteiger partial charge in [0.05, 0.1) is 14.2 Å². The average molecular weight is 280 g/mol. The fourth-order valence-corrected chi connectivity index (χ4v) is 3.65. The van der Waals surface area contributed by atoms with E-state index < -0.39 is 17.9 Å². The van der Waals surface area contributed by atoms with Gasteiger partial charge >= 0.3 is 11.9 Å². The van der Waals surface area contributed by atoms with Gasteiger partial charge in [-0.2, -0.15) is 0 Å². The zero-order valence-corrected chi connectivity index (χ0v) is 12.6. The molecular weight excluding hydrogens is 256 g/mol. The third kappa shape index (κ3) is 2.74. The minimum Gasteiger partial charge on any atom is -0.468 e. The van der Waals surface area contributed by atoms with Crippen molar-refractivity contribution in [2.75, 3.05) is 14.2 Å². The summed E-state index contributed by atoms with van der Waals surface area (Å²) < 4.78 is 9.56. The molecule has 112 valence electrons. The summed E-state index contributed by atoms with van der Waals surface area (Å²) in [6.07, 6.45) is 8.81. The predicted molar refractivity (Wildman–Crippen MR) is 74.9 cm³/mol. The first kappa shape index (κ1) is 15.1. The minimum absolute atomic E-state index is 0.0870. The number of carbonyl (C=O) groups excluding carboxylic acids is 2. The van der Waals surface area contributed by atoms with Crippen LogP contribution in [-0.4, -0.2) is 26.2 Å². The molecule has 0 aromatic heterocycles. The van der Waals surface area contributed by atoms with E-state index in [0.717, 1.165) is 19.3 Å². The van der Waals surface area contributed by atoms with Crippen molar-refractivity contribution in [1.29, 1.82) is 0 Å². The second-order valence-corrected chi connectivity index (χ2v) is 6.19. The number of hydrogen-bond donors (Lipinski definition) is 0. The van der Waals surface area contributed by atoms with Gasteiger partial charge in [-0.25, -0.2) is 0 Å². The number of carbonyl (C=O) groups is 2. The molecule has 0 aromatic carbocycles. The van der Waals surface area contributed by atoms with Gasteiger partial charge < -0.3 is 9.47 Å². The first-order chi connectivity index (χ1) is 9.51. The molecule has 2 aliphatic carbocycles. The lowest BCUT2D eigenvalue weighted by Gasteiger charge is -2.42. The molecule has 0 unspecified atom stereocenters. The Morgan fingerprint density at radius 2 is 1.85 bits per heavy atom. The molecule has 0 radical (unpaired) electrons. The SMILES string of the molecule is COC(=O)C(C(=O)OC)[C@H]1C=C2CCCC[C@@]2(C)CC1. The van der Waals surface area contributed by atoms with E-state index in [4.69, 9.17) is 9.47 Å². The number of hydrogen-bond acceptors (Lipinski definition) is 4. The van der Waals surface area contributed by atoms with Crippen LogP contribution >= 0.6 is 0 Å². The van der Waals surface area contributed by atoms with Gasteiger partial charge in [0.2, 0.25) is 0 Å². The largest absolute Gasteiger partial charge is 0.468 e. The predicted octanol–water partition coefficient (Wildman–Crippen LogP) is 2.87. The van der Waals surface area contributed by atoms with Crippen LogP contribution in [0.1, 0.15) is 45.4 Å². The Morgan fingerprint density at radius 3 is 2.45 bits per heavy atom. The summed E-state index contributed by atoms with van der Waals surface area (Å²) in [5.41, 5.74) is 1.68. The highest BCUT2D eigenvalue weighted by atomic mass is 16.5. The first-order valence-corrected chi connectivity index (χ1v) is 7.38. The second kappa shape index (κ2) is 5.98. The number of esters is 2. The summed E-state index contributed by atoms with van der Waals surface area (Å²) in [6.45, 7) is 2.31. The maximum atomic E-state index is 11.9. The first-order valence-electron chi connectivity index (χ1n) is 7.38. The molecule has 0 spiro atoms. The second-order valence-electron chi connectivity index (χ2n) is 6.19. The van der Waals surface area contributed by atoms with E-state index in [1.807, 2.05) is 0 Å². The van der Waals surface area contributed by atoms with E-state index in [1.165, 1.54) is 39.1 Å². The quantitative estimate of drug-likeness (QED) is 0.453. The fraction of sp³-hybridized carbons (Fsp3) is 0.750. The maximum Gasteiger partial charge on any atom is 0.320 e. The highest BCUT2D eigenvalue weighted by molar-refractivity contribution is 5.95. The van der Waals surface area contributed by atoms with Crippen LogP contribution in [0.2, 0.25) is 0 Å². The molecule has 4 heteroatoms. The van der Waals surface area contributed by atoms with Crippen LogP contribution < -0.4 is 0 Å². The summed E-state index contributed by atoms with van der Waals surface area (Å²) >= 11 is 0. The molecule has 1 saturated carbocycles. The smallest absolute Gasteiger partial charge is 0.320 e. The van der Waals surface area contributed by atoms with Gasteiger partial charge in [-0.1, -0.05) is 25.0 Å². The molecule has 1 fully saturated rings. The van der Waals surface area contributed by atoms with E-state index in [9.17, 15) is 9.59 Å². The van der Waals surface area contributed by atoms with Crippen molar-refractivity contribution in [3.8, 4) is 0 Å². The van der Waals surface area contributed by atoms with Gasteiger partial charge in [-0.15, -0.1) is 0 Å². The molecule has 0 N–H and O–H groups in total. The van der Waals surface area contributed by atoms with E-state index in [1.54, 1.807) is 0 Å². The molecule has 2 rings (SSSR count). The maximum absolute atomic E-state index is 11.9. The summed E-state index contributed by atoms with van der Waals surface area (Å²) in [6, 6.07) is 0. The van der Waals surface area contributed by atoms with E-state index >= 15 is 0 Å². The Labute approximate surface area is 120 Å². The molecule has 0 saturated heterocycles. The summed E-state index contributed by atoms with van der Waals surface area (Å²) in [5.74, 6) is -1.88. The van der Waals surface area contributed by atoms with Gasteiger partial charge in [0, 0.05) is 5.92 Å². The fourth-order valence-electron chi connectivity index (χ4n) is 3.65. The van der Waals surface area contributed by atoms with Crippen LogP contribution in [0.3, 0.4) is 0 Å². The lowest BCUT2D eigenvalue weighted by molar-refractivity contribution is -0.161. The average Bonchev–Trinajstić information content (AvgIpc) is 2.46. The standard InChI is InChI=1S/C16H24O4/c1-16-8-5-4-6-12(16)10-11(7-9-16)13(14(17)19-2)15(18)20-3/h10-11,13H,4-9H2,1-3H3/t11-,16+/m1/s1. The molecule has 2 atom stereocenters. The van der Waals surface area contributed by atoms with Crippen molar-refractivity contribution in [2.24, 2.45) is 17.3 Å². The normalized spacial score (nSPS) is 29.4. The summed E-state index contributed by atoms with van der Waals surface area (Å²) in [5, 5.41) is 0. The lowest BCUT2D eigenvalue weighted by Crippen LogP contribution is -2.37. The van der Waals surface area contributed by atoms with Crippen molar-refractivity contribution in [3.05, 3.63) is 11.6 Å². The highest BCUT2D eigenvalue weighted by Gasteiger charge is 2.42. The zero-order chi connectivity index (χ0) is 14.8. The van der Waals surface area contributed by atoms with Crippen molar-refractivity contribution < 1.29 is 19.1 Å². The van der Waals surface area contributed by atoms with Crippen molar-refractivity contribution in [3.63, 3.8) is 0 Å². The van der Waals surface area contributed by atoms with Crippen LogP contribution in [0.25, 0.3) is 0 Å². The third-order valence-corrected chi connectivity index (χ3v) is 4.98. The van der Waals surface area contributed by atoms with Crippen molar-refractivity contribution >= 4 is 11.9 Å². The molecule has 20 heavy (non-hydrogen) atoms. The number of methoxy groups -OCH3 is 2. The Kier molecular flexibility index (Phi) is 4.51. The summed E-state index contributed by atoms with van der Waals surface area (Å²) in [4.78, 5) is 23.8. The van der Waals surface area contributed by atoms with Gasteiger partial charge in [0.25, 0.3) is 0 Å². The number of allylic oxidation sites excluding steroid dienone is 2. The van der Waals surface area contributed by atoms with E-state index in [2.05, 4.69) is 13.0 Å². The van der Waals surface area contributed by atoms with Gasteiger partial charge in [-0.3, -0.25) is 9.59 Å². The van der Waals surface area contributed by atoms with Crippen LogP contribution in [0.5, 0.6) is 0 Å². The molecule has 2 aliphatic rings. The molecule has 0 aromatic rings. The molecule has 0 amide bonds. The summed E-state index contributed by atoms with van der Waals surface area (Å²) in [7, 11) is 2.64. The molecule has 0 bridgehead atoms. The zero-order valence-electron chi connectivity index (χ0n) is 12.6. The Morgan fingerprint density at radius 1 is 1.20 bits per heavy atom. The molecule has 0 heterocycles.